The molecule has 0 radical (unpaired) electrons. The molecular weight excluding hydrogens is 400 g/mol. The van der Waals surface area contributed by atoms with Gasteiger partial charge in [-0.05, 0) is 57.9 Å². The van der Waals surface area contributed by atoms with E-state index in [1.807, 2.05) is 39.0 Å². The Morgan fingerprint density at radius 2 is 1.87 bits per heavy atom. The van der Waals surface area contributed by atoms with Crippen LogP contribution >= 0.6 is 0 Å². The SMILES string of the molecule is Cc1ccc2c(c1)[C@@H](NC(=O)c1cccc(S(=O)(=O)N3CCCC3)c1)CC(C)(C)O2. The molecule has 1 N–H and O–H groups in total. The van der Waals surface area contributed by atoms with Crippen LogP contribution in [0.5, 0.6) is 5.75 Å². The number of rotatable bonds is 4. The van der Waals surface area contributed by atoms with Gasteiger partial charge in [0.1, 0.15) is 11.4 Å². The van der Waals surface area contributed by atoms with Gasteiger partial charge in [0.25, 0.3) is 5.91 Å². The van der Waals surface area contributed by atoms with Gasteiger partial charge >= 0.3 is 0 Å². The summed E-state index contributed by atoms with van der Waals surface area (Å²) in [5, 5.41) is 3.10. The van der Waals surface area contributed by atoms with E-state index in [0.29, 0.717) is 25.1 Å². The van der Waals surface area contributed by atoms with E-state index in [0.717, 1.165) is 29.7 Å². The second kappa shape index (κ2) is 7.71. The molecule has 160 valence electrons. The maximum atomic E-state index is 13.1. The third-order valence-electron chi connectivity index (χ3n) is 5.73. The fourth-order valence-corrected chi connectivity index (χ4v) is 5.78. The molecule has 0 aliphatic carbocycles. The Morgan fingerprint density at radius 3 is 2.60 bits per heavy atom. The molecule has 2 aliphatic rings. The minimum absolute atomic E-state index is 0.167. The van der Waals surface area contributed by atoms with Crippen LogP contribution in [0.3, 0.4) is 0 Å². The molecule has 0 saturated carbocycles. The molecule has 1 atom stereocenters. The Bertz CT molecular complexity index is 1070. The van der Waals surface area contributed by atoms with Crippen molar-refractivity contribution in [2.75, 3.05) is 13.1 Å². The zero-order valence-electron chi connectivity index (χ0n) is 17.6. The fourth-order valence-electron chi connectivity index (χ4n) is 4.22. The molecule has 6 nitrogen and oxygen atoms in total. The fraction of sp³-hybridized carbons (Fsp3) is 0.435. The molecule has 2 heterocycles. The van der Waals surface area contributed by atoms with E-state index in [1.165, 1.54) is 10.4 Å². The summed E-state index contributed by atoms with van der Waals surface area (Å²) in [5.74, 6) is 0.483. The molecule has 1 saturated heterocycles. The predicted octanol–water partition coefficient (Wildman–Crippen LogP) is 3.81. The summed E-state index contributed by atoms with van der Waals surface area (Å²) in [6, 6.07) is 12.1. The normalized spacial score (nSPS) is 21.0. The van der Waals surface area contributed by atoms with Crippen LogP contribution in [0.25, 0.3) is 0 Å². The molecule has 2 aromatic carbocycles. The minimum Gasteiger partial charge on any atom is -0.487 e. The number of nitrogens with zero attached hydrogens (tertiary/aromatic N) is 1. The quantitative estimate of drug-likeness (QED) is 0.803. The highest BCUT2D eigenvalue weighted by molar-refractivity contribution is 7.89. The number of carbonyl (C=O) groups excluding carboxylic acids is 1. The number of hydrogen-bond acceptors (Lipinski definition) is 4. The number of fused-ring (bicyclic) bond motifs is 1. The second-order valence-corrected chi connectivity index (χ2v) is 10.7. The smallest absolute Gasteiger partial charge is 0.251 e. The van der Waals surface area contributed by atoms with Crippen LogP contribution in [-0.4, -0.2) is 37.3 Å². The van der Waals surface area contributed by atoms with E-state index in [2.05, 4.69) is 5.32 Å². The third kappa shape index (κ3) is 4.09. The molecule has 2 aliphatic heterocycles. The Hall–Kier alpha value is -2.38. The van der Waals surface area contributed by atoms with Gasteiger partial charge in [0.05, 0.1) is 10.9 Å². The molecule has 1 fully saturated rings. The monoisotopic (exact) mass is 428 g/mol. The first-order chi connectivity index (χ1) is 14.2. The molecule has 2 aromatic rings. The van der Waals surface area contributed by atoms with Gasteiger partial charge < -0.3 is 10.1 Å². The summed E-state index contributed by atoms with van der Waals surface area (Å²) in [7, 11) is -3.57. The average molecular weight is 429 g/mol. The first-order valence-corrected chi connectivity index (χ1v) is 11.8. The molecule has 1 amide bonds. The predicted molar refractivity (Wildman–Crippen MR) is 115 cm³/mol. The van der Waals surface area contributed by atoms with Gasteiger partial charge in [0, 0.05) is 30.6 Å². The van der Waals surface area contributed by atoms with Crippen molar-refractivity contribution in [1.82, 2.24) is 9.62 Å². The lowest BCUT2D eigenvalue weighted by Gasteiger charge is -2.38. The number of carbonyl (C=O) groups is 1. The second-order valence-electron chi connectivity index (χ2n) is 8.77. The third-order valence-corrected chi connectivity index (χ3v) is 7.62. The molecule has 0 bridgehead atoms. The van der Waals surface area contributed by atoms with E-state index < -0.39 is 15.6 Å². The van der Waals surface area contributed by atoms with Gasteiger partial charge in [0.2, 0.25) is 10.0 Å². The van der Waals surface area contributed by atoms with Crippen molar-refractivity contribution in [2.24, 2.45) is 0 Å². The minimum atomic E-state index is -3.57. The molecule has 7 heteroatoms. The average Bonchev–Trinajstić information content (AvgIpc) is 3.24. The zero-order valence-corrected chi connectivity index (χ0v) is 18.5. The van der Waals surface area contributed by atoms with E-state index in [9.17, 15) is 13.2 Å². The maximum absolute atomic E-state index is 13.1. The molecule has 0 aromatic heterocycles. The molecule has 4 rings (SSSR count). The van der Waals surface area contributed by atoms with Crippen molar-refractivity contribution in [3.63, 3.8) is 0 Å². The van der Waals surface area contributed by atoms with Crippen molar-refractivity contribution in [1.29, 1.82) is 0 Å². The summed E-state index contributed by atoms with van der Waals surface area (Å²) in [6.45, 7) is 7.07. The zero-order chi connectivity index (χ0) is 21.5. The molecule has 30 heavy (non-hydrogen) atoms. The molecule has 0 unspecified atom stereocenters. The lowest BCUT2D eigenvalue weighted by molar-refractivity contribution is 0.0619. The van der Waals surface area contributed by atoms with E-state index in [-0.39, 0.29) is 16.8 Å². The Labute approximate surface area is 178 Å². The number of amides is 1. The van der Waals surface area contributed by atoms with Crippen LogP contribution in [0.15, 0.2) is 47.4 Å². The van der Waals surface area contributed by atoms with E-state index in [4.69, 9.17) is 4.74 Å². The van der Waals surface area contributed by atoms with Crippen LogP contribution in [-0.2, 0) is 10.0 Å². The van der Waals surface area contributed by atoms with Crippen molar-refractivity contribution in [2.45, 2.75) is 56.6 Å². The Morgan fingerprint density at radius 1 is 1.13 bits per heavy atom. The van der Waals surface area contributed by atoms with Gasteiger partial charge in [-0.3, -0.25) is 4.79 Å². The van der Waals surface area contributed by atoms with Crippen molar-refractivity contribution >= 4 is 15.9 Å². The van der Waals surface area contributed by atoms with Gasteiger partial charge in [-0.1, -0.05) is 23.8 Å². The largest absolute Gasteiger partial charge is 0.487 e. The summed E-state index contributed by atoms with van der Waals surface area (Å²) >= 11 is 0. The van der Waals surface area contributed by atoms with Crippen LogP contribution in [0.1, 0.15) is 60.6 Å². The van der Waals surface area contributed by atoms with Crippen LogP contribution in [0, 0.1) is 6.92 Å². The summed E-state index contributed by atoms with van der Waals surface area (Å²) in [6.07, 6.45) is 2.37. The Kier molecular flexibility index (Phi) is 5.36. The summed E-state index contributed by atoms with van der Waals surface area (Å²) in [4.78, 5) is 13.2. The first-order valence-electron chi connectivity index (χ1n) is 10.4. The van der Waals surface area contributed by atoms with Crippen LogP contribution in [0.4, 0.5) is 0 Å². The van der Waals surface area contributed by atoms with Gasteiger partial charge in [-0.25, -0.2) is 8.42 Å². The number of benzene rings is 2. The summed E-state index contributed by atoms with van der Waals surface area (Å²) < 4.78 is 33.3. The standard InChI is InChI=1S/C23H28N2O4S/c1-16-9-10-21-19(13-16)20(15-23(2,3)29-21)24-22(26)17-7-6-8-18(14-17)30(27,28)25-11-4-5-12-25/h6-10,13-14,20H,4-5,11-12,15H2,1-3H3,(H,24,26)/t20-/m0/s1. The molecule has 0 spiro atoms. The first kappa shape index (κ1) is 20.9. The van der Waals surface area contributed by atoms with Crippen molar-refractivity contribution in [3.8, 4) is 5.75 Å². The van der Waals surface area contributed by atoms with E-state index in [1.54, 1.807) is 18.2 Å². The van der Waals surface area contributed by atoms with Crippen molar-refractivity contribution in [3.05, 3.63) is 59.2 Å². The number of hydrogen-bond donors (Lipinski definition) is 1. The van der Waals surface area contributed by atoms with Crippen molar-refractivity contribution < 1.29 is 17.9 Å². The number of sulfonamides is 1. The highest BCUT2D eigenvalue weighted by atomic mass is 32.2. The van der Waals surface area contributed by atoms with Gasteiger partial charge in [-0.15, -0.1) is 0 Å². The topological polar surface area (TPSA) is 75.7 Å². The number of nitrogens with one attached hydrogen (secondary N) is 1. The highest BCUT2D eigenvalue weighted by Gasteiger charge is 2.35. The number of aryl methyl sites for hydroxylation is 1. The highest BCUT2D eigenvalue weighted by Crippen LogP contribution is 2.40. The van der Waals surface area contributed by atoms with Crippen LogP contribution < -0.4 is 10.1 Å². The van der Waals surface area contributed by atoms with E-state index >= 15 is 0 Å². The lowest BCUT2D eigenvalue weighted by Crippen LogP contribution is -2.41. The lowest BCUT2D eigenvalue weighted by atomic mass is 9.88. The maximum Gasteiger partial charge on any atom is 0.251 e. The van der Waals surface area contributed by atoms with Crippen LogP contribution in [0.2, 0.25) is 0 Å². The van der Waals surface area contributed by atoms with Gasteiger partial charge in [0.15, 0.2) is 0 Å². The number of ether oxygens (including phenoxy) is 1. The van der Waals surface area contributed by atoms with Gasteiger partial charge in [-0.2, -0.15) is 4.31 Å². The summed E-state index contributed by atoms with van der Waals surface area (Å²) in [5.41, 5.74) is 1.97. The Balaban J connectivity index is 1.60. The molecular formula is C23H28N2O4S.